The number of nitrogens with one attached hydrogen (secondary N) is 2. The fraction of sp³-hybridized carbons (Fsp3) is 0.207. The summed E-state index contributed by atoms with van der Waals surface area (Å²) < 4.78 is 5.23. The topological polar surface area (TPSA) is 117 Å². The Balaban J connectivity index is 1.25. The Bertz CT molecular complexity index is 1580. The van der Waals surface area contributed by atoms with Crippen LogP contribution in [-0.4, -0.2) is 71.8 Å². The quantitative estimate of drug-likeness (QED) is 0.281. The molecule has 5 rings (SSSR count). The zero-order valence-corrected chi connectivity index (χ0v) is 23.1. The Labute approximate surface area is 235 Å². The molecule has 1 aliphatic rings. The van der Waals surface area contributed by atoms with Crippen LogP contribution >= 0.6 is 11.3 Å². The average molecular weight is 557 g/mol. The third-order valence-corrected chi connectivity index (χ3v) is 7.43. The number of aromatic nitrogens is 2. The van der Waals surface area contributed by atoms with Gasteiger partial charge >= 0.3 is 0 Å². The van der Waals surface area contributed by atoms with E-state index < -0.39 is 0 Å². The van der Waals surface area contributed by atoms with Crippen LogP contribution in [0.25, 0.3) is 10.6 Å². The highest BCUT2D eigenvalue weighted by Crippen LogP contribution is 2.29. The van der Waals surface area contributed by atoms with Crippen LogP contribution < -0.4 is 15.4 Å². The van der Waals surface area contributed by atoms with Crippen molar-refractivity contribution in [1.82, 2.24) is 25.1 Å². The number of hydrogen-bond donors (Lipinski definition) is 2. The number of carbonyl (C=O) groups excluding carboxylic acids is 3. The van der Waals surface area contributed by atoms with Crippen molar-refractivity contribution in [2.75, 3.05) is 39.6 Å². The van der Waals surface area contributed by atoms with Gasteiger partial charge in [0.1, 0.15) is 5.75 Å². The third-order valence-electron chi connectivity index (χ3n) is 6.32. The monoisotopic (exact) mass is 556 g/mol. The molecule has 0 spiro atoms. The summed E-state index contributed by atoms with van der Waals surface area (Å²) in [5, 5.41) is 6.06. The van der Waals surface area contributed by atoms with Crippen molar-refractivity contribution in [3.63, 3.8) is 0 Å². The van der Waals surface area contributed by atoms with E-state index in [1.165, 1.54) is 16.2 Å². The van der Waals surface area contributed by atoms with Crippen LogP contribution in [0.4, 0.5) is 11.6 Å². The maximum atomic E-state index is 12.9. The number of ether oxygens (including phenoxy) is 1. The molecule has 2 aromatic carbocycles. The lowest BCUT2D eigenvalue weighted by atomic mass is 10.1. The Morgan fingerprint density at radius 2 is 1.85 bits per heavy atom. The molecule has 2 N–H and O–H groups in total. The van der Waals surface area contributed by atoms with Crippen molar-refractivity contribution in [2.24, 2.45) is 0 Å². The van der Waals surface area contributed by atoms with Gasteiger partial charge in [0, 0.05) is 31.5 Å². The molecule has 4 aromatic rings. The first-order chi connectivity index (χ1) is 19.3. The number of hydrogen-bond acceptors (Lipinski definition) is 9. The number of likely N-dealkylation sites (N-methyl/N-ethyl adjacent to an activating group) is 1. The molecule has 2 aromatic heterocycles. The van der Waals surface area contributed by atoms with Crippen molar-refractivity contribution in [3.05, 3.63) is 88.4 Å². The van der Waals surface area contributed by atoms with Gasteiger partial charge in [0.25, 0.3) is 17.7 Å². The summed E-state index contributed by atoms with van der Waals surface area (Å²) in [6, 6.07) is 17.9. The molecule has 0 unspecified atom stereocenters. The highest BCUT2D eigenvalue weighted by molar-refractivity contribution is 7.17. The lowest BCUT2D eigenvalue weighted by Crippen LogP contribution is -2.35. The third kappa shape index (κ3) is 5.85. The first-order valence-corrected chi connectivity index (χ1v) is 13.4. The maximum absolute atomic E-state index is 12.9. The van der Waals surface area contributed by atoms with Crippen LogP contribution in [0.15, 0.2) is 66.9 Å². The highest BCUT2D eigenvalue weighted by atomic mass is 32.1. The molecule has 40 heavy (non-hydrogen) atoms. The summed E-state index contributed by atoms with van der Waals surface area (Å²) in [4.78, 5) is 51.7. The average Bonchev–Trinajstić information content (AvgIpc) is 3.54. The Morgan fingerprint density at radius 1 is 1.02 bits per heavy atom. The standard InChI is InChI=1S/C29H28N6O4S/c1-34(2)13-14-35-27(37)21-8-7-19(16-22(21)28(35)38)32-29-30-12-11-23(33-29)24-9-10-25(40-24)26(36)31-17-18-5-4-6-20(15-18)39-3/h4-12,15-16H,13-14,17H2,1-3H3,(H,31,36)(H,30,32,33). The van der Waals surface area contributed by atoms with Crippen LogP contribution in [0, 0.1) is 0 Å². The van der Waals surface area contributed by atoms with Gasteiger partial charge in [-0.3, -0.25) is 19.3 Å². The van der Waals surface area contributed by atoms with E-state index in [2.05, 4.69) is 20.6 Å². The summed E-state index contributed by atoms with van der Waals surface area (Å²) in [7, 11) is 5.39. The van der Waals surface area contributed by atoms with E-state index in [4.69, 9.17) is 4.74 Å². The van der Waals surface area contributed by atoms with Gasteiger partial charge in [-0.2, -0.15) is 0 Å². The zero-order valence-electron chi connectivity index (χ0n) is 22.3. The van der Waals surface area contributed by atoms with Crippen LogP contribution in [0.5, 0.6) is 5.75 Å². The summed E-state index contributed by atoms with van der Waals surface area (Å²) in [6.45, 7) is 1.30. The van der Waals surface area contributed by atoms with Crippen LogP contribution in [-0.2, 0) is 6.54 Å². The van der Waals surface area contributed by atoms with Gasteiger partial charge in [-0.15, -0.1) is 11.3 Å². The van der Waals surface area contributed by atoms with E-state index in [-0.39, 0.29) is 17.7 Å². The van der Waals surface area contributed by atoms with Gasteiger partial charge in [-0.1, -0.05) is 12.1 Å². The predicted molar refractivity (Wildman–Crippen MR) is 153 cm³/mol. The number of thiophene rings is 1. The molecular formula is C29H28N6O4S. The lowest BCUT2D eigenvalue weighted by Gasteiger charge is -2.16. The summed E-state index contributed by atoms with van der Waals surface area (Å²) in [6.07, 6.45) is 1.62. The number of amides is 3. The van der Waals surface area contributed by atoms with Gasteiger partial charge in [-0.05, 0) is 68.2 Å². The molecule has 1 aliphatic heterocycles. The van der Waals surface area contributed by atoms with Gasteiger partial charge < -0.3 is 20.3 Å². The fourth-order valence-corrected chi connectivity index (χ4v) is 5.10. The second-order valence-electron chi connectivity index (χ2n) is 9.41. The number of imide groups is 1. The normalized spacial score (nSPS) is 12.6. The Hall–Kier alpha value is -4.61. The van der Waals surface area contributed by atoms with Crippen molar-refractivity contribution < 1.29 is 19.1 Å². The minimum absolute atomic E-state index is 0.177. The van der Waals surface area contributed by atoms with E-state index in [0.29, 0.717) is 53.0 Å². The SMILES string of the molecule is COc1cccc(CNC(=O)c2ccc(-c3ccnc(Nc4ccc5c(c4)C(=O)N(CCN(C)C)C5=O)n3)s2)c1. The van der Waals surface area contributed by atoms with E-state index >= 15 is 0 Å². The number of nitrogens with zero attached hydrogens (tertiary/aromatic N) is 4. The van der Waals surface area contributed by atoms with Crippen molar-refractivity contribution >= 4 is 40.7 Å². The first kappa shape index (κ1) is 27.0. The number of rotatable bonds is 10. The zero-order chi connectivity index (χ0) is 28.2. The predicted octanol–water partition coefficient (Wildman–Crippen LogP) is 4.04. The van der Waals surface area contributed by atoms with E-state index in [1.807, 2.05) is 49.3 Å². The fourth-order valence-electron chi connectivity index (χ4n) is 4.21. The largest absolute Gasteiger partial charge is 0.497 e. The minimum atomic E-state index is -0.309. The minimum Gasteiger partial charge on any atom is -0.497 e. The van der Waals surface area contributed by atoms with Crippen molar-refractivity contribution in [1.29, 1.82) is 0 Å². The Morgan fingerprint density at radius 3 is 2.65 bits per heavy atom. The molecular weight excluding hydrogens is 528 g/mol. The second-order valence-corrected chi connectivity index (χ2v) is 10.5. The number of fused-ring (bicyclic) bond motifs is 1. The molecule has 0 fully saturated rings. The van der Waals surface area contributed by atoms with Crippen molar-refractivity contribution in [3.8, 4) is 16.3 Å². The molecule has 11 heteroatoms. The molecule has 204 valence electrons. The van der Waals surface area contributed by atoms with E-state index in [9.17, 15) is 14.4 Å². The molecule has 3 amide bonds. The maximum Gasteiger partial charge on any atom is 0.261 e. The van der Waals surface area contributed by atoms with Gasteiger partial charge in [0.05, 0.1) is 33.7 Å². The highest BCUT2D eigenvalue weighted by Gasteiger charge is 2.35. The van der Waals surface area contributed by atoms with Crippen LogP contribution in [0.3, 0.4) is 0 Å². The van der Waals surface area contributed by atoms with Crippen LogP contribution in [0.2, 0.25) is 0 Å². The molecule has 0 bridgehead atoms. The second kappa shape index (κ2) is 11.6. The number of carbonyl (C=O) groups is 3. The number of methoxy groups -OCH3 is 1. The first-order valence-electron chi connectivity index (χ1n) is 12.6. The number of benzene rings is 2. The molecule has 0 atom stereocenters. The lowest BCUT2D eigenvalue weighted by molar-refractivity contribution is 0.0644. The van der Waals surface area contributed by atoms with Gasteiger partial charge in [0.15, 0.2) is 0 Å². The van der Waals surface area contributed by atoms with E-state index in [0.717, 1.165) is 16.2 Å². The molecule has 3 heterocycles. The smallest absolute Gasteiger partial charge is 0.261 e. The number of anilines is 2. The molecule has 10 nitrogen and oxygen atoms in total. The summed E-state index contributed by atoms with van der Waals surface area (Å²) in [5.74, 6) is 0.295. The Kier molecular flexibility index (Phi) is 7.85. The van der Waals surface area contributed by atoms with Gasteiger partial charge in [-0.25, -0.2) is 9.97 Å². The van der Waals surface area contributed by atoms with Crippen LogP contribution in [0.1, 0.15) is 36.0 Å². The van der Waals surface area contributed by atoms with E-state index in [1.54, 1.807) is 43.6 Å². The summed E-state index contributed by atoms with van der Waals surface area (Å²) >= 11 is 1.33. The summed E-state index contributed by atoms with van der Waals surface area (Å²) in [5.41, 5.74) is 2.93. The molecule has 0 radical (unpaired) electrons. The molecule has 0 aliphatic carbocycles. The van der Waals surface area contributed by atoms with Gasteiger partial charge in [0.2, 0.25) is 5.95 Å². The molecule has 0 saturated heterocycles. The van der Waals surface area contributed by atoms with Crippen molar-refractivity contribution in [2.45, 2.75) is 6.54 Å². The molecule has 0 saturated carbocycles.